The molecule has 2 bridgehead atoms. The number of carbonyl (C=O) groups is 1. The average Bonchev–Trinajstić information content (AvgIpc) is 2.70. The van der Waals surface area contributed by atoms with E-state index in [9.17, 15) is 9.18 Å². The van der Waals surface area contributed by atoms with Crippen LogP contribution < -0.4 is 0 Å². The van der Waals surface area contributed by atoms with E-state index in [0.717, 1.165) is 18.4 Å². The third kappa shape index (κ3) is 2.18. The molecule has 1 aromatic carbocycles. The van der Waals surface area contributed by atoms with Gasteiger partial charge in [0.1, 0.15) is 11.6 Å². The van der Waals surface area contributed by atoms with E-state index in [-0.39, 0.29) is 17.7 Å². The summed E-state index contributed by atoms with van der Waals surface area (Å²) >= 11 is 0. The molecule has 4 atom stereocenters. The van der Waals surface area contributed by atoms with E-state index < -0.39 is 0 Å². The lowest BCUT2D eigenvalue weighted by Crippen LogP contribution is -2.48. The standard InChI is InChI=1S/C17H22FNO/c1-3-16(20)17-14(11-4-6-12(18)7-5-11)10-13-8-9-15(17)19(13)2/h4-7,13-15,17H,3,8-10H2,1-2H3/t13?,14-,15+,17-/m0/s1. The number of ketones is 1. The van der Waals surface area contributed by atoms with Crippen LogP contribution in [0.2, 0.25) is 0 Å². The van der Waals surface area contributed by atoms with Gasteiger partial charge in [0.15, 0.2) is 0 Å². The number of fused-ring (bicyclic) bond motifs is 2. The Morgan fingerprint density at radius 3 is 2.65 bits per heavy atom. The maximum Gasteiger partial charge on any atom is 0.137 e. The largest absolute Gasteiger partial charge is 0.300 e. The topological polar surface area (TPSA) is 20.3 Å². The fraction of sp³-hybridized carbons (Fsp3) is 0.588. The highest BCUT2D eigenvalue weighted by atomic mass is 19.1. The Labute approximate surface area is 120 Å². The summed E-state index contributed by atoms with van der Waals surface area (Å²) in [6.07, 6.45) is 3.92. The molecule has 2 fully saturated rings. The van der Waals surface area contributed by atoms with Crippen LogP contribution in [0.1, 0.15) is 44.1 Å². The van der Waals surface area contributed by atoms with Crippen LogP contribution in [-0.2, 0) is 4.79 Å². The van der Waals surface area contributed by atoms with Gasteiger partial charge in [-0.1, -0.05) is 19.1 Å². The molecule has 3 heteroatoms. The number of hydrogen-bond acceptors (Lipinski definition) is 2. The van der Waals surface area contributed by atoms with Gasteiger partial charge in [0.2, 0.25) is 0 Å². The van der Waals surface area contributed by atoms with Crippen LogP contribution in [0, 0.1) is 11.7 Å². The normalized spacial score (nSPS) is 33.4. The molecule has 2 aliphatic rings. The molecule has 0 radical (unpaired) electrons. The van der Waals surface area contributed by atoms with E-state index >= 15 is 0 Å². The second kappa shape index (κ2) is 5.28. The van der Waals surface area contributed by atoms with Gasteiger partial charge in [0, 0.05) is 24.4 Å². The Hall–Kier alpha value is -1.22. The zero-order chi connectivity index (χ0) is 14.3. The molecule has 2 aliphatic heterocycles. The van der Waals surface area contributed by atoms with Crippen LogP contribution in [-0.4, -0.2) is 29.8 Å². The number of hydrogen-bond donors (Lipinski definition) is 0. The summed E-state index contributed by atoms with van der Waals surface area (Å²) in [6, 6.07) is 7.71. The zero-order valence-electron chi connectivity index (χ0n) is 12.2. The monoisotopic (exact) mass is 275 g/mol. The lowest BCUT2D eigenvalue weighted by Gasteiger charge is -2.42. The van der Waals surface area contributed by atoms with Crippen molar-refractivity contribution in [3.63, 3.8) is 0 Å². The van der Waals surface area contributed by atoms with Crippen molar-refractivity contribution in [1.29, 1.82) is 0 Å². The zero-order valence-corrected chi connectivity index (χ0v) is 12.2. The van der Waals surface area contributed by atoms with Crippen molar-refractivity contribution in [2.75, 3.05) is 7.05 Å². The van der Waals surface area contributed by atoms with Crippen LogP contribution in [0.15, 0.2) is 24.3 Å². The Bertz CT molecular complexity index is 498. The van der Waals surface area contributed by atoms with Crippen molar-refractivity contribution in [3.05, 3.63) is 35.6 Å². The second-order valence-corrected chi connectivity index (χ2v) is 6.20. The van der Waals surface area contributed by atoms with Crippen LogP contribution in [0.25, 0.3) is 0 Å². The SMILES string of the molecule is CCC(=O)[C@@H]1[C@H]2CCC(C[C@H]1c1ccc(F)cc1)N2C. The van der Waals surface area contributed by atoms with Crippen LogP contribution in [0.5, 0.6) is 0 Å². The van der Waals surface area contributed by atoms with Crippen LogP contribution in [0.4, 0.5) is 4.39 Å². The van der Waals surface area contributed by atoms with Crippen molar-refractivity contribution < 1.29 is 9.18 Å². The molecule has 0 saturated carbocycles. The first kappa shape index (κ1) is 13.7. The van der Waals surface area contributed by atoms with Gasteiger partial charge in [-0.15, -0.1) is 0 Å². The van der Waals surface area contributed by atoms with Gasteiger partial charge in [-0.25, -0.2) is 4.39 Å². The van der Waals surface area contributed by atoms with E-state index in [0.29, 0.717) is 24.3 Å². The van der Waals surface area contributed by atoms with Gasteiger partial charge in [-0.3, -0.25) is 9.69 Å². The molecule has 0 aromatic heterocycles. The minimum atomic E-state index is -0.206. The van der Waals surface area contributed by atoms with Crippen LogP contribution >= 0.6 is 0 Å². The smallest absolute Gasteiger partial charge is 0.137 e. The summed E-state index contributed by atoms with van der Waals surface area (Å²) in [5, 5.41) is 0. The van der Waals surface area contributed by atoms with Crippen molar-refractivity contribution in [3.8, 4) is 0 Å². The number of halogens is 1. The molecule has 2 saturated heterocycles. The molecule has 1 aromatic rings. The predicted octanol–water partition coefficient (Wildman–Crippen LogP) is 3.37. The third-order valence-electron chi connectivity index (χ3n) is 5.29. The predicted molar refractivity (Wildman–Crippen MR) is 77.1 cm³/mol. The highest BCUT2D eigenvalue weighted by Gasteiger charge is 2.48. The van der Waals surface area contributed by atoms with Crippen LogP contribution in [0.3, 0.4) is 0 Å². The average molecular weight is 275 g/mol. The van der Waals surface area contributed by atoms with E-state index in [2.05, 4.69) is 11.9 Å². The number of carbonyl (C=O) groups excluding carboxylic acids is 1. The molecular weight excluding hydrogens is 253 g/mol. The lowest BCUT2D eigenvalue weighted by molar-refractivity contribution is -0.126. The molecular formula is C17H22FNO. The van der Waals surface area contributed by atoms with Gasteiger partial charge in [-0.2, -0.15) is 0 Å². The van der Waals surface area contributed by atoms with Crippen molar-refractivity contribution >= 4 is 5.78 Å². The summed E-state index contributed by atoms with van der Waals surface area (Å²) in [5.41, 5.74) is 1.13. The minimum Gasteiger partial charge on any atom is -0.300 e. The molecule has 2 heterocycles. The maximum atomic E-state index is 13.1. The molecule has 2 nitrogen and oxygen atoms in total. The Morgan fingerprint density at radius 1 is 1.30 bits per heavy atom. The highest BCUT2D eigenvalue weighted by Crippen LogP contribution is 2.46. The van der Waals surface area contributed by atoms with E-state index in [1.165, 1.54) is 18.6 Å². The van der Waals surface area contributed by atoms with Gasteiger partial charge < -0.3 is 0 Å². The Kier molecular flexibility index (Phi) is 3.63. The first-order valence-electron chi connectivity index (χ1n) is 7.62. The second-order valence-electron chi connectivity index (χ2n) is 6.20. The molecule has 20 heavy (non-hydrogen) atoms. The summed E-state index contributed by atoms with van der Waals surface area (Å²) in [6.45, 7) is 1.95. The number of nitrogens with zero attached hydrogens (tertiary/aromatic N) is 1. The Balaban J connectivity index is 1.95. The van der Waals surface area contributed by atoms with Crippen molar-refractivity contribution in [2.45, 2.75) is 50.6 Å². The summed E-state index contributed by atoms with van der Waals surface area (Å²) in [5.74, 6) is 0.491. The molecule has 0 amide bonds. The lowest BCUT2D eigenvalue weighted by atomic mass is 9.73. The first-order valence-corrected chi connectivity index (χ1v) is 7.62. The number of rotatable bonds is 3. The molecule has 0 aliphatic carbocycles. The molecule has 0 spiro atoms. The summed E-state index contributed by atoms with van der Waals surface area (Å²) in [7, 11) is 2.15. The number of piperidine rings is 1. The summed E-state index contributed by atoms with van der Waals surface area (Å²) in [4.78, 5) is 14.9. The Morgan fingerprint density at radius 2 is 2.00 bits per heavy atom. The van der Waals surface area contributed by atoms with E-state index in [1.807, 2.05) is 19.1 Å². The van der Waals surface area contributed by atoms with Crippen molar-refractivity contribution in [2.24, 2.45) is 5.92 Å². The molecule has 0 N–H and O–H groups in total. The maximum absolute atomic E-state index is 13.1. The van der Waals surface area contributed by atoms with Gasteiger partial charge in [0.05, 0.1) is 0 Å². The number of benzene rings is 1. The molecule has 108 valence electrons. The molecule has 1 unspecified atom stereocenters. The highest BCUT2D eigenvalue weighted by molar-refractivity contribution is 5.82. The van der Waals surface area contributed by atoms with E-state index in [4.69, 9.17) is 0 Å². The van der Waals surface area contributed by atoms with Gasteiger partial charge >= 0.3 is 0 Å². The third-order valence-corrected chi connectivity index (χ3v) is 5.29. The molecule has 3 rings (SSSR count). The fourth-order valence-electron chi connectivity index (χ4n) is 4.19. The fourth-order valence-corrected chi connectivity index (χ4v) is 4.19. The van der Waals surface area contributed by atoms with E-state index in [1.54, 1.807) is 0 Å². The first-order chi connectivity index (χ1) is 9.61. The number of Topliss-reactive ketones (excluding diaryl/α,β-unsaturated/α-hetero) is 1. The van der Waals surface area contributed by atoms with Gasteiger partial charge in [0.25, 0.3) is 0 Å². The summed E-state index contributed by atoms with van der Waals surface area (Å²) < 4.78 is 13.1. The quantitative estimate of drug-likeness (QED) is 0.843. The van der Waals surface area contributed by atoms with Gasteiger partial charge in [-0.05, 0) is 49.9 Å². The van der Waals surface area contributed by atoms with Crippen molar-refractivity contribution in [1.82, 2.24) is 4.90 Å². The minimum absolute atomic E-state index is 0.0780.